The second-order valence-corrected chi connectivity index (χ2v) is 6.93. The van der Waals surface area contributed by atoms with Crippen molar-refractivity contribution in [3.8, 4) is 17.1 Å². The van der Waals surface area contributed by atoms with Gasteiger partial charge in [0.05, 0.1) is 16.2 Å². The SMILES string of the molecule is Cc1cc(OCC(=O)N/N=C/c2ccc(-c3ccc([N+](=O)[O-])cc3Cl)o2)ccc1Cl. The molecule has 0 aliphatic rings. The number of benzene rings is 2. The molecule has 1 amide bonds. The van der Waals surface area contributed by atoms with E-state index in [1.807, 2.05) is 6.92 Å². The van der Waals surface area contributed by atoms with E-state index in [-0.39, 0.29) is 17.3 Å². The maximum absolute atomic E-state index is 11.8. The smallest absolute Gasteiger partial charge is 0.277 e. The van der Waals surface area contributed by atoms with Gasteiger partial charge < -0.3 is 9.15 Å². The van der Waals surface area contributed by atoms with Crippen LogP contribution in [0.2, 0.25) is 10.0 Å². The van der Waals surface area contributed by atoms with Crippen molar-refractivity contribution >= 4 is 41.0 Å². The van der Waals surface area contributed by atoms with Crippen LogP contribution in [0.15, 0.2) is 58.0 Å². The van der Waals surface area contributed by atoms with Gasteiger partial charge in [-0.25, -0.2) is 5.43 Å². The van der Waals surface area contributed by atoms with Crippen molar-refractivity contribution in [1.82, 2.24) is 5.43 Å². The number of aryl methyl sites for hydroxylation is 1. The Hall–Kier alpha value is -3.36. The van der Waals surface area contributed by atoms with Gasteiger partial charge in [0.2, 0.25) is 0 Å². The maximum Gasteiger partial charge on any atom is 0.277 e. The number of carbonyl (C=O) groups is 1. The van der Waals surface area contributed by atoms with Crippen molar-refractivity contribution in [3.63, 3.8) is 0 Å². The van der Waals surface area contributed by atoms with Crippen LogP contribution in [0.4, 0.5) is 5.69 Å². The van der Waals surface area contributed by atoms with Crippen LogP contribution in [0.25, 0.3) is 11.3 Å². The fourth-order valence-electron chi connectivity index (χ4n) is 2.44. The number of ether oxygens (including phenoxy) is 1. The summed E-state index contributed by atoms with van der Waals surface area (Å²) in [6, 6.07) is 12.4. The zero-order valence-corrected chi connectivity index (χ0v) is 17.1. The van der Waals surface area contributed by atoms with Crippen molar-refractivity contribution in [2.24, 2.45) is 5.10 Å². The molecular weight excluding hydrogens is 433 g/mol. The van der Waals surface area contributed by atoms with E-state index in [9.17, 15) is 14.9 Å². The number of halogens is 2. The number of nitrogens with zero attached hydrogens (tertiary/aromatic N) is 2. The van der Waals surface area contributed by atoms with Gasteiger partial charge in [-0.3, -0.25) is 14.9 Å². The molecule has 2 aromatic carbocycles. The predicted octanol–water partition coefficient (Wildman–Crippen LogP) is 5.00. The molecule has 0 spiro atoms. The Balaban J connectivity index is 1.56. The average Bonchev–Trinajstić information content (AvgIpc) is 3.17. The predicted molar refractivity (Wildman–Crippen MR) is 113 cm³/mol. The number of hydrogen-bond acceptors (Lipinski definition) is 6. The zero-order valence-electron chi connectivity index (χ0n) is 15.6. The third kappa shape index (κ3) is 5.37. The minimum absolute atomic E-state index is 0.115. The number of carbonyl (C=O) groups excluding carboxylic acids is 1. The summed E-state index contributed by atoms with van der Waals surface area (Å²) in [5.41, 5.74) is 3.55. The van der Waals surface area contributed by atoms with Crippen LogP contribution in [0.1, 0.15) is 11.3 Å². The number of rotatable bonds is 7. The first kappa shape index (κ1) is 21.4. The van der Waals surface area contributed by atoms with E-state index in [2.05, 4.69) is 10.5 Å². The summed E-state index contributed by atoms with van der Waals surface area (Å²) in [4.78, 5) is 22.1. The zero-order chi connectivity index (χ0) is 21.7. The normalized spacial score (nSPS) is 10.9. The topological polar surface area (TPSA) is 107 Å². The molecule has 0 bridgehead atoms. The Bertz CT molecular complexity index is 1130. The van der Waals surface area contributed by atoms with E-state index in [1.165, 1.54) is 24.4 Å². The van der Waals surface area contributed by atoms with Crippen LogP contribution in [-0.2, 0) is 4.79 Å². The minimum Gasteiger partial charge on any atom is -0.484 e. The number of nitro groups is 1. The molecule has 0 saturated carbocycles. The fourth-order valence-corrected chi connectivity index (χ4v) is 2.83. The van der Waals surface area contributed by atoms with Gasteiger partial charge in [-0.05, 0) is 48.9 Å². The molecule has 1 N–H and O–H groups in total. The quantitative estimate of drug-likeness (QED) is 0.311. The Labute approximate surface area is 181 Å². The van der Waals surface area contributed by atoms with Crippen molar-refractivity contribution in [2.45, 2.75) is 6.92 Å². The molecule has 0 fully saturated rings. The first-order valence-electron chi connectivity index (χ1n) is 8.58. The third-order valence-corrected chi connectivity index (χ3v) is 4.67. The molecule has 30 heavy (non-hydrogen) atoms. The van der Waals surface area contributed by atoms with E-state index in [4.69, 9.17) is 32.4 Å². The number of non-ortho nitro benzene ring substituents is 1. The molecule has 0 saturated heterocycles. The van der Waals surface area contributed by atoms with Gasteiger partial charge in [-0.15, -0.1) is 0 Å². The summed E-state index contributed by atoms with van der Waals surface area (Å²) in [5, 5.41) is 15.4. The Kier molecular flexibility index (Phi) is 6.71. The molecule has 3 rings (SSSR count). The van der Waals surface area contributed by atoms with Crippen LogP contribution in [0.3, 0.4) is 0 Å². The van der Waals surface area contributed by atoms with Crippen LogP contribution in [0.5, 0.6) is 5.75 Å². The third-order valence-electron chi connectivity index (χ3n) is 3.94. The average molecular weight is 448 g/mol. The Morgan fingerprint density at radius 1 is 1.20 bits per heavy atom. The van der Waals surface area contributed by atoms with Gasteiger partial charge in [-0.1, -0.05) is 23.2 Å². The molecule has 0 radical (unpaired) electrons. The van der Waals surface area contributed by atoms with Crippen LogP contribution in [0, 0.1) is 17.0 Å². The van der Waals surface area contributed by atoms with Gasteiger partial charge in [0.25, 0.3) is 11.6 Å². The lowest BCUT2D eigenvalue weighted by atomic mass is 10.1. The van der Waals surface area contributed by atoms with E-state index >= 15 is 0 Å². The van der Waals surface area contributed by atoms with Crippen LogP contribution < -0.4 is 10.2 Å². The van der Waals surface area contributed by atoms with Crippen LogP contribution >= 0.6 is 23.2 Å². The highest BCUT2D eigenvalue weighted by molar-refractivity contribution is 6.33. The fraction of sp³-hybridized carbons (Fsp3) is 0.100. The number of hydrogen-bond donors (Lipinski definition) is 1. The van der Waals surface area contributed by atoms with Crippen molar-refractivity contribution in [1.29, 1.82) is 0 Å². The molecule has 0 aliphatic heterocycles. The first-order chi connectivity index (χ1) is 14.3. The number of nitro benzene ring substituents is 1. The van der Waals surface area contributed by atoms with E-state index in [1.54, 1.807) is 30.3 Å². The number of nitrogens with one attached hydrogen (secondary N) is 1. The Morgan fingerprint density at radius 2 is 2.00 bits per heavy atom. The molecule has 154 valence electrons. The first-order valence-corrected chi connectivity index (χ1v) is 9.34. The summed E-state index contributed by atoms with van der Waals surface area (Å²) in [5.74, 6) is 0.828. The second kappa shape index (κ2) is 9.43. The van der Waals surface area contributed by atoms with E-state index < -0.39 is 10.8 Å². The van der Waals surface area contributed by atoms with Crippen LogP contribution in [-0.4, -0.2) is 23.7 Å². The summed E-state index contributed by atoms with van der Waals surface area (Å²) in [7, 11) is 0. The lowest BCUT2D eigenvalue weighted by molar-refractivity contribution is -0.384. The molecule has 8 nitrogen and oxygen atoms in total. The highest BCUT2D eigenvalue weighted by Crippen LogP contribution is 2.32. The van der Waals surface area contributed by atoms with Crippen molar-refractivity contribution in [3.05, 3.63) is 80.0 Å². The molecule has 0 unspecified atom stereocenters. The van der Waals surface area contributed by atoms with Gasteiger partial charge in [0.1, 0.15) is 17.3 Å². The molecule has 0 atom stereocenters. The lowest BCUT2D eigenvalue weighted by Crippen LogP contribution is -2.24. The van der Waals surface area contributed by atoms with Crippen molar-refractivity contribution in [2.75, 3.05) is 6.61 Å². The highest BCUT2D eigenvalue weighted by atomic mass is 35.5. The molecular formula is C20H15Cl2N3O5. The summed E-state index contributed by atoms with van der Waals surface area (Å²) < 4.78 is 11.0. The standard InChI is InChI=1S/C20H15Cl2N3O5/c1-12-8-14(3-6-17(12)21)29-11-20(26)24-23-10-15-4-7-19(30-15)16-5-2-13(25(27)28)9-18(16)22/h2-10H,11H2,1H3,(H,24,26)/b23-10+. The monoisotopic (exact) mass is 447 g/mol. The van der Waals surface area contributed by atoms with Gasteiger partial charge in [0.15, 0.2) is 6.61 Å². The van der Waals surface area contributed by atoms with Crippen molar-refractivity contribution < 1.29 is 18.9 Å². The highest BCUT2D eigenvalue weighted by Gasteiger charge is 2.13. The summed E-state index contributed by atoms with van der Waals surface area (Å²) in [6.45, 7) is 1.61. The van der Waals surface area contributed by atoms with Gasteiger partial charge in [-0.2, -0.15) is 5.10 Å². The molecule has 0 aliphatic carbocycles. The second-order valence-electron chi connectivity index (χ2n) is 6.12. The van der Waals surface area contributed by atoms with Gasteiger partial charge in [0, 0.05) is 22.7 Å². The largest absolute Gasteiger partial charge is 0.484 e. The Morgan fingerprint density at radius 3 is 2.70 bits per heavy atom. The number of furan rings is 1. The molecule has 1 heterocycles. The lowest BCUT2D eigenvalue weighted by Gasteiger charge is -2.06. The molecule has 10 heteroatoms. The molecule has 1 aromatic heterocycles. The maximum atomic E-state index is 11.8. The summed E-state index contributed by atoms with van der Waals surface area (Å²) in [6.07, 6.45) is 1.31. The minimum atomic E-state index is -0.531. The van der Waals surface area contributed by atoms with E-state index in [0.717, 1.165) is 5.56 Å². The number of hydrazone groups is 1. The van der Waals surface area contributed by atoms with Gasteiger partial charge >= 0.3 is 0 Å². The summed E-state index contributed by atoms with van der Waals surface area (Å²) >= 11 is 12.0. The molecule has 3 aromatic rings. The van der Waals surface area contributed by atoms with E-state index in [0.29, 0.717) is 27.9 Å². The number of amides is 1.